The third-order valence-corrected chi connectivity index (χ3v) is 4.50. The average molecular weight is 279 g/mol. The van der Waals surface area contributed by atoms with Gasteiger partial charge < -0.3 is 4.90 Å². The fraction of sp³-hybridized carbons (Fsp3) is 0.316. The zero-order chi connectivity index (χ0) is 15.0. The van der Waals surface area contributed by atoms with E-state index in [0.717, 1.165) is 12.0 Å². The number of hydrogen-bond acceptors (Lipinski definition) is 2. The minimum atomic E-state index is 0.284. The van der Waals surface area contributed by atoms with Gasteiger partial charge in [0.05, 0.1) is 0 Å². The Morgan fingerprint density at radius 3 is 2.52 bits per heavy atom. The first-order chi connectivity index (χ1) is 10.1. The van der Waals surface area contributed by atoms with Crippen LogP contribution >= 0.6 is 0 Å². The number of hydrogen-bond donors (Lipinski definition) is 0. The van der Waals surface area contributed by atoms with Crippen LogP contribution in [-0.2, 0) is 6.42 Å². The maximum Gasteiger partial charge on any atom is 0.163 e. The maximum atomic E-state index is 11.7. The Bertz CT molecular complexity index is 688. The molecule has 108 valence electrons. The van der Waals surface area contributed by atoms with E-state index >= 15 is 0 Å². The van der Waals surface area contributed by atoms with E-state index in [1.54, 1.807) is 0 Å². The van der Waals surface area contributed by atoms with Crippen molar-refractivity contribution in [1.82, 2.24) is 4.90 Å². The minimum absolute atomic E-state index is 0.284. The Kier molecular flexibility index (Phi) is 3.64. The molecule has 0 N–H and O–H groups in total. The lowest BCUT2D eigenvalue weighted by atomic mass is 9.97. The number of carbonyl (C=O) groups is 1. The molecule has 2 aromatic rings. The lowest BCUT2D eigenvalue weighted by Gasteiger charge is -2.20. The normalized spacial score (nSPS) is 15.3. The van der Waals surface area contributed by atoms with Gasteiger partial charge in [-0.05, 0) is 55.8 Å². The van der Waals surface area contributed by atoms with Crippen molar-refractivity contribution in [2.24, 2.45) is 0 Å². The highest BCUT2D eigenvalue weighted by Crippen LogP contribution is 2.30. The molecule has 0 unspecified atom stereocenters. The molecule has 0 aromatic heterocycles. The number of Topliss-reactive ketones (excluding diaryl/α,β-unsaturated/α-hetero) is 1. The van der Waals surface area contributed by atoms with Gasteiger partial charge in [0.25, 0.3) is 0 Å². The zero-order valence-corrected chi connectivity index (χ0v) is 12.9. The number of benzene rings is 2. The van der Waals surface area contributed by atoms with Gasteiger partial charge in [0.15, 0.2) is 5.78 Å². The van der Waals surface area contributed by atoms with Crippen molar-refractivity contribution < 1.29 is 4.79 Å². The first-order valence-corrected chi connectivity index (χ1v) is 7.49. The van der Waals surface area contributed by atoms with Crippen LogP contribution < -0.4 is 0 Å². The molecule has 2 nitrogen and oxygen atoms in total. The highest BCUT2D eigenvalue weighted by atomic mass is 16.1. The van der Waals surface area contributed by atoms with Crippen molar-refractivity contribution in [3.05, 3.63) is 59.2 Å². The molecule has 3 rings (SSSR count). The van der Waals surface area contributed by atoms with E-state index in [0.29, 0.717) is 12.5 Å². The topological polar surface area (TPSA) is 20.3 Å². The summed E-state index contributed by atoms with van der Waals surface area (Å²) in [5, 5.41) is 0. The molecular formula is C19H21NO. The van der Waals surface area contributed by atoms with E-state index in [1.165, 1.54) is 22.3 Å². The number of aryl methyl sites for hydroxylation is 1. The van der Waals surface area contributed by atoms with Crippen LogP contribution in [0.2, 0.25) is 0 Å². The van der Waals surface area contributed by atoms with Gasteiger partial charge in [-0.1, -0.05) is 36.4 Å². The predicted molar refractivity (Wildman–Crippen MR) is 86.6 cm³/mol. The molecule has 2 aromatic carbocycles. The van der Waals surface area contributed by atoms with Crippen molar-refractivity contribution in [1.29, 1.82) is 0 Å². The minimum Gasteiger partial charge on any atom is -0.303 e. The summed E-state index contributed by atoms with van der Waals surface area (Å²) in [6, 6.07) is 15.3. The molecule has 0 spiro atoms. The third kappa shape index (κ3) is 2.64. The first kappa shape index (κ1) is 14.0. The quantitative estimate of drug-likeness (QED) is 0.843. The van der Waals surface area contributed by atoms with Crippen LogP contribution in [0.3, 0.4) is 0 Å². The standard InChI is InChI=1S/C19H21NO/c1-13(20(2)3)14-5-4-6-15(11-14)16-7-9-18-17(12-16)8-10-19(18)21/h4-7,9,11-13H,8,10H2,1-3H3/t13-/m0/s1. The largest absolute Gasteiger partial charge is 0.303 e. The van der Waals surface area contributed by atoms with Crippen LogP contribution in [0.25, 0.3) is 11.1 Å². The molecule has 1 aliphatic rings. The van der Waals surface area contributed by atoms with Gasteiger partial charge in [-0.3, -0.25) is 4.79 Å². The molecule has 0 radical (unpaired) electrons. The Morgan fingerprint density at radius 1 is 1.00 bits per heavy atom. The van der Waals surface area contributed by atoms with Gasteiger partial charge in [0.2, 0.25) is 0 Å². The van der Waals surface area contributed by atoms with Gasteiger partial charge in [-0.2, -0.15) is 0 Å². The van der Waals surface area contributed by atoms with E-state index in [-0.39, 0.29) is 5.78 Å². The molecule has 1 aliphatic carbocycles. The second-order valence-corrected chi connectivity index (χ2v) is 6.06. The number of nitrogens with zero attached hydrogens (tertiary/aromatic N) is 1. The molecule has 0 aliphatic heterocycles. The lowest BCUT2D eigenvalue weighted by molar-refractivity contribution is 0.0994. The van der Waals surface area contributed by atoms with Crippen molar-refractivity contribution in [3.8, 4) is 11.1 Å². The Hall–Kier alpha value is -1.93. The van der Waals surface area contributed by atoms with Crippen LogP contribution in [0.4, 0.5) is 0 Å². The monoisotopic (exact) mass is 279 g/mol. The van der Waals surface area contributed by atoms with Crippen molar-refractivity contribution in [3.63, 3.8) is 0 Å². The van der Waals surface area contributed by atoms with Gasteiger partial charge in [-0.15, -0.1) is 0 Å². The predicted octanol–water partition coefficient (Wildman–Crippen LogP) is 4.11. The van der Waals surface area contributed by atoms with Crippen molar-refractivity contribution in [2.75, 3.05) is 14.1 Å². The van der Waals surface area contributed by atoms with Crippen LogP contribution in [-0.4, -0.2) is 24.8 Å². The summed E-state index contributed by atoms with van der Waals surface area (Å²) >= 11 is 0. The van der Waals surface area contributed by atoms with Gasteiger partial charge in [-0.25, -0.2) is 0 Å². The summed E-state index contributed by atoms with van der Waals surface area (Å²) < 4.78 is 0. The first-order valence-electron chi connectivity index (χ1n) is 7.49. The number of fused-ring (bicyclic) bond motifs is 1. The molecule has 0 saturated heterocycles. The maximum absolute atomic E-state index is 11.7. The summed E-state index contributed by atoms with van der Waals surface area (Å²) in [6.45, 7) is 2.21. The number of ketones is 1. The molecule has 0 heterocycles. The van der Waals surface area contributed by atoms with E-state index in [9.17, 15) is 4.79 Å². The van der Waals surface area contributed by atoms with Crippen molar-refractivity contribution in [2.45, 2.75) is 25.8 Å². The van der Waals surface area contributed by atoms with E-state index in [2.05, 4.69) is 62.3 Å². The Morgan fingerprint density at radius 2 is 1.76 bits per heavy atom. The summed E-state index contributed by atoms with van der Waals surface area (Å²) in [5.74, 6) is 0.284. The highest BCUT2D eigenvalue weighted by molar-refractivity contribution is 6.00. The summed E-state index contributed by atoms with van der Waals surface area (Å²) in [6.07, 6.45) is 1.55. The molecule has 21 heavy (non-hydrogen) atoms. The van der Waals surface area contributed by atoms with E-state index < -0.39 is 0 Å². The summed E-state index contributed by atoms with van der Waals surface area (Å²) in [7, 11) is 4.19. The van der Waals surface area contributed by atoms with E-state index in [4.69, 9.17) is 0 Å². The SMILES string of the molecule is C[C@@H](c1cccc(-c2ccc3c(c2)CCC3=O)c1)N(C)C. The van der Waals surface area contributed by atoms with Crippen LogP contribution in [0.1, 0.15) is 40.9 Å². The third-order valence-electron chi connectivity index (χ3n) is 4.50. The fourth-order valence-corrected chi connectivity index (χ4v) is 2.91. The molecule has 1 atom stereocenters. The van der Waals surface area contributed by atoms with E-state index in [1.807, 2.05) is 6.07 Å². The molecule has 0 fully saturated rings. The van der Waals surface area contributed by atoms with Crippen molar-refractivity contribution >= 4 is 5.78 Å². The summed E-state index contributed by atoms with van der Waals surface area (Å²) in [5.41, 5.74) is 5.86. The highest BCUT2D eigenvalue weighted by Gasteiger charge is 2.19. The number of rotatable bonds is 3. The average Bonchev–Trinajstić information content (AvgIpc) is 2.87. The van der Waals surface area contributed by atoms with Crippen LogP contribution in [0, 0.1) is 0 Å². The fourth-order valence-electron chi connectivity index (χ4n) is 2.91. The Balaban J connectivity index is 1.98. The second kappa shape index (κ2) is 5.45. The Labute approximate surface area is 126 Å². The van der Waals surface area contributed by atoms with Gasteiger partial charge in [0, 0.05) is 18.0 Å². The molecule has 0 amide bonds. The van der Waals surface area contributed by atoms with Gasteiger partial charge in [0.1, 0.15) is 0 Å². The van der Waals surface area contributed by atoms with Gasteiger partial charge >= 0.3 is 0 Å². The number of carbonyl (C=O) groups excluding carboxylic acids is 1. The smallest absolute Gasteiger partial charge is 0.163 e. The lowest BCUT2D eigenvalue weighted by Crippen LogP contribution is -2.16. The molecule has 0 bridgehead atoms. The molecule has 0 saturated carbocycles. The zero-order valence-electron chi connectivity index (χ0n) is 12.9. The molecule has 2 heteroatoms. The molecular weight excluding hydrogens is 258 g/mol. The summed E-state index contributed by atoms with van der Waals surface area (Å²) in [4.78, 5) is 13.9. The van der Waals surface area contributed by atoms with Crippen LogP contribution in [0.15, 0.2) is 42.5 Å². The second-order valence-electron chi connectivity index (χ2n) is 6.06. The van der Waals surface area contributed by atoms with Crippen LogP contribution in [0.5, 0.6) is 0 Å².